The maximum absolute atomic E-state index is 12.7. The van der Waals surface area contributed by atoms with Crippen LogP contribution in [0.1, 0.15) is 49.3 Å². The minimum absolute atomic E-state index is 0.00958. The van der Waals surface area contributed by atoms with Gasteiger partial charge in [-0.15, -0.1) is 0 Å². The SMILES string of the molecule is NC1CCCCC1C(=O)C1CCc2cccnc21. The zero-order valence-electron chi connectivity index (χ0n) is 10.6. The van der Waals surface area contributed by atoms with Crippen LogP contribution in [0.4, 0.5) is 0 Å². The monoisotopic (exact) mass is 244 g/mol. The van der Waals surface area contributed by atoms with Crippen molar-refractivity contribution in [3.05, 3.63) is 29.6 Å². The average Bonchev–Trinajstić information content (AvgIpc) is 2.82. The van der Waals surface area contributed by atoms with E-state index in [0.29, 0.717) is 5.78 Å². The second kappa shape index (κ2) is 4.81. The Morgan fingerprint density at radius 2 is 2.11 bits per heavy atom. The number of aromatic nitrogens is 1. The molecule has 3 heteroatoms. The maximum Gasteiger partial charge on any atom is 0.146 e. The van der Waals surface area contributed by atoms with Gasteiger partial charge in [0.2, 0.25) is 0 Å². The fourth-order valence-electron chi connectivity index (χ4n) is 3.46. The summed E-state index contributed by atoms with van der Waals surface area (Å²) < 4.78 is 0. The van der Waals surface area contributed by atoms with Gasteiger partial charge in [-0.3, -0.25) is 9.78 Å². The van der Waals surface area contributed by atoms with Gasteiger partial charge in [0, 0.05) is 18.2 Å². The van der Waals surface area contributed by atoms with Crippen molar-refractivity contribution in [3.8, 4) is 0 Å². The number of hydrogen-bond donors (Lipinski definition) is 1. The Morgan fingerprint density at radius 1 is 1.28 bits per heavy atom. The van der Waals surface area contributed by atoms with E-state index in [2.05, 4.69) is 11.1 Å². The molecule has 1 heterocycles. The Hall–Kier alpha value is -1.22. The Labute approximate surface area is 108 Å². The van der Waals surface area contributed by atoms with E-state index in [1.807, 2.05) is 6.07 Å². The van der Waals surface area contributed by atoms with Crippen molar-refractivity contribution in [3.63, 3.8) is 0 Å². The third kappa shape index (κ3) is 1.97. The summed E-state index contributed by atoms with van der Waals surface area (Å²) in [4.78, 5) is 17.1. The van der Waals surface area contributed by atoms with E-state index in [1.165, 1.54) is 12.0 Å². The van der Waals surface area contributed by atoms with E-state index < -0.39 is 0 Å². The molecule has 3 unspecified atom stereocenters. The molecule has 18 heavy (non-hydrogen) atoms. The molecule has 2 aliphatic carbocycles. The predicted molar refractivity (Wildman–Crippen MR) is 70.2 cm³/mol. The van der Waals surface area contributed by atoms with Crippen molar-refractivity contribution in [2.75, 3.05) is 0 Å². The molecule has 1 fully saturated rings. The molecule has 0 bridgehead atoms. The molecule has 3 atom stereocenters. The molecule has 0 radical (unpaired) electrons. The number of rotatable bonds is 2. The van der Waals surface area contributed by atoms with E-state index in [0.717, 1.165) is 37.8 Å². The first-order valence-electron chi connectivity index (χ1n) is 7.00. The molecule has 0 aliphatic heterocycles. The third-order valence-corrected chi connectivity index (χ3v) is 4.49. The minimum atomic E-state index is 0.00958. The van der Waals surface area contributed by atoms with Crippen LogP contribution < -0.4 is 5.73 Å². The summed E-state index contributed by atoms with van der Waals surface area (Å²) >= 11 is 0. The maximum atomic E-state index is 12.7. The van der Waals surface area contributed by atoms with Gasteiger partial charge >= 0.3 is 0 Å². The van der Waals surface area contributed by atoms with Gasteiger partial charge in [-0.05, 0) is 37.3 Å². The van der Waals surface area contributed by atoms with Crippen molar-refractivity contribution in [2.24, 2.45) is 11.7 Å². The first kappa shape index (κ1) is 11.8. The van der Waals surface area contributed by atoms with Crippen LogP contribution in [0.5, 0.6) is 0 Å². The molecule has 96 valence electrons. The normalized spacial score (nSPS) is 31.1. The number of ketones is 1. The second-order valence-electron chi connectivity index (χ2n) is 5.60. The summed E-state index contributed by atoms with van der Waals surface area (Å²) in [6.45, 7) is 0. The topological polar surface area (TPSA) is 56.0 Å². The summed E-state index contributed by atoms with van der Waals surface area (Å²) in [6.07, 6.45) is 7.99. The van der Waals surface area contributed by atoms with Gasteiger partial charge in [-0.25, -0.2) is 0 Å². The molecule has 3 rings (SSSR count). The van der Waals surface area contributed by atoms with Gasteiger partial charge in [0.05, 0.1) is 11.6 Å². The summed E-state index contributed by atoms with van der Waals surface area (Å²) in [5.41, 5.74) is 8.39. The number of nitrogens with zero attached hydrogens (tertiary/aromatic N) is 1. The van der Waals surface area contributed by atoms with Crippen LogP contribution >= 0.6 is 0 Å². The Balaban J connectivity index is 1.82. The van der Waals surface area contributed by atoms with Crippen LogP contribution in [0.3, 0.4) is 0 Å². The predicted octanol–water partition coefficient (Wildman–Crippen LogP) is 2.20. The van der Waals surface area contributed by atoms with Crippen LogP contribution in [0.15, 0.2) is 18.3 Å². The zero-order valence-corrected chi connectivity index (χ0v) is 10.6. The first-order valence-corrected chi connectivity index (χ1v) is 7.00. The van der Waals surface area contributed by atoms with E-state index in [-0.39, 0.29) is 17.9 Å². The highest BCUT2D eigenvalue weighted by Gasteiger charge is 2.37. The highest BCUT2D eigenvalue weighted by atomic mass is 16.1. The molecular formula is C15H20N2O. The molecular weight excluding hydrogens is 224 g/mol. The van der Waals surface area contributed by atoms with Gasteiger partial charge in [-0.2, -0.15) is 0 Å². The molecule has 2 N–H and O–H groups in total. The number of nitrogens with two attached hydrogens (primary N) is 1. The summed E-state index contributed by atoms with van der Waals surface area (Å²) in [5.74, 6) is 0.423. The molecule has 0 spiro atoms. The Morgan fingerprint density at radius 3 is 2.94 bits per heavy atom. The summed E-state index contributed by atoms with van der Waals surface area (Å²) in [5, 5.41) is 0. The quantitative estimate of drug-likeness (QED) is 0.867. The van der Waals surface area contributed by atoms with Crippen LogP contribution in [-0.4, -0.2) is 16.8 Å². The third-order valence-electron chi connectivity index (χ3n) is 4.49. The van der Waals surface area contributed by atoms with Gasteiger partial charge in [0.25, 0.3) is 0 Å². The van der Waals surface area contributed by atoms with Crippen LogP contribution in [0.2, 0.25) is 0 Å². The number of fused-ring (bicyclic) bond motifs is 1. The van der Waals surface area contributed by atoms with Crippen LogP contribution in [0.25, 0.3) is 0 Å². The molecule has 0 saturated heterocycles. The molecule has 2 aliphatic rings. The van der Waals surface area contributed by atoms with Crippen molar-refractivity contribution >= 4 is 5.78 Å². The molecule has 1 saturated carbocycles. The van der Waals surface area contributed by atoms with Crippen LogP contribution in [0, 0.1) is 5.92 Å². The minimum Gasteiger partial charge on any atom is -0.327 e. The van der Waals surface area contributed by atoms with Gasteiger partial charge in [0.15, 0.2) is 0 Å². The highest BCUT2D eigenvalue weighted by Crippen LogP contribution is 2.36. The lowest BCUT2D eigenvalue weighted by atomic mass is 9.78. The number of carbonyl (C=O) groups is 1. The lowest BCUT2D eigenvalue weighted by Crippen LogP contribution is -2.39. The molecule has 0 aromatic carbocycles. The van der Waals surface area contributed by atoms with Crippen molar-refractivity contribution in [1.82, 2.24) is 4.98 Å². The lowest BCUT2D eigenvalue weighted by molar-refractivity contribution is -0.125. The summed E-state index contributed by atoms with van der Waals surface area (Å²) in [6, 6.07) is 4.12. The van der Waals surface area contributed by atoms with E-state index >= 15 is 0 Å². The molecule has 1 aromatic rings. The number of hydrogen-bond acceptors (Lipinski definition) is 3. The van der Waals surface area contributed by atoms with E-state index in [4.69, 9.17) is 5.73 Å². The Kier molecular flexibility index (Phi) is 3.16. The van der Waals surface area contributed by atoms with Crippen molar-refractivity contribution in [1.29, 1.82) is 0 Å². The smallest absolute Gasteiger partial charge is 0.146 e. The number of pyridine rings is 1. The Bertz CT molecular complexity index is 458. The fraction of sp³-hybridized carbons (Fsp3) is 0.600. The molecule has 0 amide bonds. The van der Waals surface area contributed by atoms with Gasteiger partial charge in [0.1, 0.15) is 5.78 Å². The lowest BCUT2D eigenvalue weighted by Gasteiger charge is -2.29. The standard InChI is InChI=1S/C15H20N2O/c16-13-6-2-1-5-11(13)15(18)12-8-7-10-4-3-9-17-14(10)12/h3-4,9,11-13H,1-2,5-8,16H2. The first-order chi connectivity index (χ1) is 8.77. The van der Waals surface area contributed by atoms with Gasteiger partial charge < -0.3 is 5.73 Å². The van der Waals surface area contributed by atoms with E-state index in [9.17, 15) is 4.79 Å². The van der Waals surface area contributed by atoms with Gasteiger partial charge in [-0.1, -0.05) is 18.9 Å². The number of aryl methyl sites for hydroxylation is 1. The van der Waals surface area contributed by atoms with Crippen molar-refractivity contribution < 1.29 is 4.79 Å². The number of carbonyl (C=O) groups excluding carboxylic acids is 1. The fourth-order valence-corrected chi connectivity index (χ4v) is 3.46. The van der Waals surface area contributed by atoms with E-state index in [1.54, 1.807) is 6.20 Å². The average molecular weight is 244 g/mol. The van der Waals surface area contributed by atoms with Crippen molar-refractivity contribution in [2.45, 2.75) is 50.5 Å². The number of Topliss-reactive ketones (excluding diaryl/α,β-unsaturated/α-hetero) is 1. The summed E-state index contributed by atoms with van der Waals surface area (Å²) in [7, 11) is 0. The largest absolute Gasteiger partial charge is 0.327 e. The highest BCUT2D eigenvalue weighted by molar-refractivity contribution is 5.89. The molecule has 1 aromatic heterocycles. The second-order valence-corrected chi connectivity index (χ2v) is 5.60. The van der Waals surface area contributed by atoms with Crippen LogP contribution in [-0.2, 0) is 11.2 Å². The molecule has 3 nitrogen and oxygen atoms in total. The zero-order chi connectivity index (χ0) is 12.5.